The Kier molecular flexibility index (Phi) is 4.99. The number of allylic oxidation sites excluding steroid dienone is 2. The summed E-state index contributed by atoms with van der Waals surface area (Å²) in [5.41, 5.74) is 0.164. The topological polar surface area (TPSA) is 79.4 Å². The summed E-state index contributed by atoms with van der Waals surface area (Å²) in [7, 11) is 0. The molecule has 2 aromatic rings. The summed E-state index contributed by atoms with van der Waals surface area (Å²) in [5, 5.41) is 4.21. The van der Waals surface area contributed by atoms with Crippen LogP contribution >= 0.6 is 11.3 Å². The standard InChI is InChI=1S/C20H17F2N3O3S/c1-10(25-18(27)12-4-2-3-5-13(12)19(25)28)17(26)24-20-23-16(9-29-20)14-8-11(21)6-7-15(14)22/h2-3,6-10,12-13H,4-5H2,1H3,(H,23,24,26)/t10-,12-,13+/m1/s1. The van der Waals surface area contributed by atoms with Crippen LogP contribution in [0.25, 0.3) is 11.3 Å². The second-order valence-corrected chi connectivity index (χ2v) is 7.89. The molecule has 3 amide bonds. The lowest BCUT2D eigenvalue weighted by molar-refractivity contribution is -0.146. The van der Waals surface area contributed by atoms with Gasteiger partial charge in [0.1, 0.15) is 17.7 Å². The Balaban J connectivity index is 1.49. The lowest BCUT2D eigenvalue weighted by atomic mass is 9.85. The number of aromatic nitrogens is 1. The molecule has 1 fully saturated rings. The highest BCUT2D eigenvalue weighted by atomic mass is 32.1. The zero-order valence-electron chi connectivity index (χ0n) is 15.4. The Morgan fingerprint density at radius 2 is 1.86 bits per heavy atom. The number of hydrogen-bond acceptors (Lipinski definition) is 5. The minimum Gasteiger partial charge on any atom is -0.300 e. The maximum atomic E-state index is 13.9. The number of likely N-dealkylation sites (tertiary alicyclic amines) is 1. The number of carbonyl (C=O) groups is 3. The third-order valence-corrected chi connectivity index (χ3v) is 6.00. The first kappa shape index (κ1) is 19.4. The molecular formula is C20H17F2N3O3S. The van der Waals surface area contributed by atoms with Gasteiger partial charge in [0.05, 0.1) is 17.5 Å². The van der Waals surface area contributed by atoms with Crippen LogP contribution in [0.3, 0.4) is 0 Å². The van der Waals surface area contributed by atoms with E-state index in [1.807, 2.05) is 12.2 Å². The molecule has 0 saturated carbocycles. The number of amides is 3. The molecule has 4 rings (SSSR count). The Labute approximate surface area is 169 Å². The number of benzene rings is 1. The Hall–Kier alpha value is -2.94. The van der Waals surface area contributed by atoms with Crippen molar-refractivity contribution in [3.05, 3.63) is 47.4 Å². The van der Waals surface area contributed by atoms with Gasteiger partial charge in [-0.3, -0.25) is 19.3 Å². The smallest absolute Gasteiger partial charge is 0.249 e. The molecule has 0 spiro atoms. The molecular weight excluding hydrogens is 400 g/mol. The Morgan fingerprint density at radius 1 is 1.21 bits per heavy atom. The second kappa shape index (κ2) is 7.47. The number of nitrogens with zero attached hydrogens (tertiary/aromatic N) is 2. The van der Waals surface area contributed by atoms with Crippen LogP contribution in [0.5, 0.6) is 0 Å². The average molecular weight is 417 g/mol. The van der Waals surface area contributed by atoms with E-state index in [0.29, 0.717) is 12.8 Å². The van der Waals surface area contributed by atoms with Crippen molar-refractivity contribution in [1.29, 1.82) is 0 Å². The summed E-state index contributed by atoms with van der Waals surface area (Å²) >= 11 is 1.04. The van der Waals surface area contributed by atoms with Crippen molar-refractivity contribution in [3.8, 4) is 11.3 Å². The molecule has 9 heteroatoms. The highest BCUT2D eigenvalue weighted by Crippen LogP contribution is 2.36. The average Bonchev–Trinajstić information content (AvgIpc) is 3.26. The van der Waals surface area contributed by atoms with E-state index in [1.165, 1.54) is 12.3 Å². The van der Waals surface area contributed by atoms with Crippen molar-refractivity contribution < 1.29 is 23.2 Å². The fraction of sp³-hybridized carbons (Fsp3) is 0.300. The minimum atomic E-state index is -1.00. The number of nitrogens with one attached hydrogen (secondary N) is 1. The van der Waals surface area contributed by atoms with Crippen LogP contribution in [0.15, 0.2) is 35.7 Å². The van der Waals surface area contributed by atoms with Crippen LogP contribution in [-0.4, -0.2) is 33.6 Å². The van der Waals surface area contributed by atoms with E-state index < -0.39 is 35.4 Å². The van der Waals surface area contributed by atoms with E-state index in [1.54, 1.807) is 0 Å². The number of imide groups is 1. The van der Waals surface area contributed by atoms with Crippen molar-refractivity contribution in [2.24, 2.45) is 11.8 Å². The fourth-order valence-corrected chi connectivity index (χ4v) is 4.40. The molecule has 29 heavy (non-hydrogen) atoms. The molecule has 150 valence electrons. The molecule has 1 aliphatic carbocycles. The van der Waals surface area contributed by atoms with Gasteiger partial charge < -0.3 is 5.32 Å². The van der Waals surface area contributed by atoms with Crippen molar-refractivity contribution >= 4 is 34.2 Å². The molecule has 1 aliphatic heterocycles. The van der Waals surface area contributed by atoms with Gasteiger partial charge in [-0.25, -0.2) is 13.8 Å². The number of fused-ring (bicyclic) bond motifs is 1. The van der Waals surface area contributed by atoms with Crippen LogP contribution in [0.2, 0.25) is 0 Å². The number of anilines is 1. The van der Waals surface area contributed by atoms with Crippen molar-refractivity contribution in [2.45, 2.75) is 25.8 Å². The van der Waals surface area contributed by atoms with Gasteiger partial charge in [0.15, 0.2) is 5.13 Å². The zero-order valence-corrected chi connectivity index (χ0v) is 16.2. The van der Waals surface area contributed by atoms with Gasteiger partial charge in [-0.1, -0.05) is 12.2 Å². The second-order valence-electron chi connectivity index (χ2n) is 7.03. The van der Waals surface area contributed by atoms with Gasteiger partial charge in [0.2, 0.25) is 17.7 Å². The van der Waals surface area contributed by atoms with Crippen LogP contribution in [0.4, 0.5) is 13.9 Å². The van der Waals surface area contributed by atoms with E-state index >= 15 is 0 Å². The van der Waals surface area contributed by atoms with Crippen LogP contribution in [0, 0.1) is 23.5 Å². The van der Waals surface area contributed by atoms with Crippen LogP contribution < -0.4 is 5.32 Å². The lowest BCUT2D eigenvalue weighted by Crippen LogP contribution is -2.46. The maximum absolute atomic E-state index is 13.9. The number of halogens is 2. The molecule has 3 atom stereocenters. The summed E-state index contributed by atoms with van der Waals surface area (Å²) in [5.74, 6) is -3.31. The first-order valence-electron chi connectivity index (χ1n) is 9.10. The summed E-state index contributed by atoms with van der Waals surface area (Å²) in [6, 6.07) is 2.03. The van der Waals surface area contributed by atoms with Gasteiger partial charge in [0, 0.05) is 10.9 Å². The van der Waals surface area contributed by atoms with Crippen LogP contribution in [-0.2, 0) is 14.4 Å². The minimum absolute atomic E-state index is 0.0173. The van der Waals surface area contributed by atoms with E-state index in [-0.39, 0.29) is 28.2 Å². The molecule has 0 unspecified atom stereocenters. The highest BCUT2D eigenvalue weighted by Gasteiger charge is 2.50. The molecule has 0 bridgehead atoms. The molecule has 6 nitrogen and oxygen atoms in total. The maximum Gasteiger partial charge on any atom is 0.249 e. The molecule has 0 radical (unpaired) electrons. The fourth-order valence-electron chi connectivity index (χ4n) is 3.68. The van der Waals surface area contributed by atoms with Crippen molar-refractivity contribution in [2.75, 3.05) is 5.32 Å². The number of carbonyl (C=O) groups excluding carboxylic acids is 3. The first-order chi connectivity index (χ1) is 13.9. The Bertz CT molecular complexity index is 1010. The highest BCUT2D eigenvalue weighted by molar-refractivity contribution is 7.14. The summed E-state index contributed by atoms with van der Waals surface area (Å²) in [4.78, 5) is 43.0. The summed E-state index contributed by atoms with van der Waals surface area (Å²) in [6.07, 6.45) is 4.75. The van der Waals surface area contributed by atoms with Gasteiger partial charge in [-0.15, -0.1) is 11.3 Å². The lowest BCUT2D eigenvalue weighted by Gasteiger charge is -2.21. The van der Waals surface area contributed by atoms with E-state index in [9.17, 15) is 23.2 Å². The molecule has 1 aromatic heterocycles. The van der Waals surface area contributed by atoms with E-state index in [4.69, 9.17) is 0 Å². The van der Waals surface area contributed by atoms with Gasteiger partial charge >= 0.3 is 0 Å². The van der Waals surface area contributed by atoms with E-state index in [2.05, 4.69) is 10.3 Å². The van der Waals surface area contributed by atoms with E-state index in [0.717, 1.165) is 34.4 Å². The third kappa shape index (κ3) is 3.46. The number of hydrogen-bond donors (Lipinski definition) is 1. The van der Waals surface area contributed by atoms with Crippen LogP contribution in [0.1, 0.15) is 19.8 Å². The normalized spacial score (nSPS) is 22.0. The SMILES string of the molecule is C[C@H](C(=O)Nc1nc(-c2cc(F)ccc2F)cs1)N1C(=O)[C@H]2CC=CC[C@H]2C1=O. The molecule has 2 heterocycles. The number of rotatable bonds is 4. The van der Waals surface area contributed by atoms with Gasteiger partial charge in [-0.2, -0.15) is 0 Å². The quantitative estimate of drug-likeness (QED) is 0.611. The predicted molar refractivity (Wildman–Crippen MR) is 103 cm³/mol. The monoisotopic (exact) mass is 417 g/mol. The zero-order chi connectivity index (χ0) is 20.7. The van der Waals surface area contributed by atoms with Crippen molar-refractivity contribution in [3.63, 3.8) is 0 Å². The molecule has 1 aromatic carbocycles. The number of thiazole rings is 1. The molecule has 1 saturated heterocycles. The molecule has 2 aliphatic rings. The third-order valence-electron chi connectivity index (χ3n) is 5.25. The summed E-state index contributed by atoms with van der Waals surface area (Å²) in [6.45, 7) is 1.48. The first-order valence-corrected chi connectivity index (χ1v) is 9.98. The largest absolute Gasteiger partial charge is 0.300 e. The summed E-state index contributed by atoms with van der Waals surface area (Å²) < 4.78 is 27.3. The van der Waals surface area contributed by atoms with Gasteiger partial charge in [-0.05, 0) is 38.0 Å². The Morgan fingerprint density at radius 3 is 2.52 bits per heavy atom. The predicted octanol–water partition coefficient (Wildman–Crippen LogP) is 3.37. The van der Waals surface area contributed by atoms with Crippen molar-refractivity contribution in [1.82, 2.24) is 9.88 Å². The molecule has 1 N–H and O–H groups in total. The van der Waals surface area contributed by atoms with Gasteiger partial charge in [0.25, 0.3) is 0 Å².